The summed E-state index contributed by atoms with van der Waals surface area (Å²) in [6.07, 6.45) is 4.87. The van der Waals surface area contributed by atoms with Crippen LogP contribution in [-0.4, -0.2) is 9.97 Å². The minimum Gasteiger partial charge on any atom is -0.458 e. The van der Waals surface area contributed by atoms with Crippen molar-refractivity contribution in [3.8, 4) is 0 Å². The van der Waals surface area contributed by atoms with Crippen LogP contribution in [0.15, 0.2) is 51.9 Å². The van der Waals surface area contributed by atoms with Crippen molar-refractivity contribution in [1.82, 2.24) is 9.97 Å². The molecule has 2 aromatic heterocycles. The molecule has 0 saturated carbocycles. The summed E-state index contributed by atoms with van der Waals surface area (Å²) < 4.78 is 6.71. The molecular weight excluding hydrogens is 294 g/mol. The molecule has 0 saturated heterocycles. The van der Waals surface area contributed by atoms with Crippen molar-refractivity contribution >= 4 is 26.9 Å². The van der Waals surface area contributed by atoms with Crippen molar-refractivity contribution < 1.29 is 4.42 Å². The van der Waals surface area contributed by atoms with E-state index in [0.717, 1.165) is 21.0 Å². The molecule has 0 radical (unpaired) electrons. The number of para-hydroxylation sites is 1. The van der Waals surface area contributed by atoms with E-state index >= 15 is 0 Å². The smallest absolute Gasteiger partial charge is 0.148 e. The Hall–Kier alpha value is -1.72. The molecule has 0 bridgehead atoms. The van der Waals surface area contributed by atoms with Crippen LogP contribution in [0.2, 0.25) is 0 Å². The Bertz CT molecular complexity index is 681. The molecule has 90 valence electrons. The molecule has 0 spiro atoms. The lowest BCUT2D eigenvalue weighted by atomic mass is 10.1. The molecule has 2 heterocycles. The molecule has 3 rings (SSSR count). The van der Waals surface area contributed by atoms with Crippen LogP contribution in [0.4, 0.5) is 0 Å². The highest BCUT2D eigenvalue weighted by Gasteiger charge is 2.15. The summed E-state index contributed by atoms with van der Waals surface area (Å²) in [6.45, 7) is 0. The summed E-state index contributed by atoms with van der Waals surface area (Å²) in [4.78, 5) is 7.92. The molecule has 0 aliphatic rings. The van der Waals surface area contributed by atoms with E-state index in [2.05, 4.69) is 25.9 Å². The molecule has 5 heteroatoms. The van der Waals surface area contributed by atoms with Crippen LogP contribution in [0.25, 0.3) is 11.0 Å². The molecule has 0 fully saturated rings. The molecule has 1 aromatic carbocycles. The second-order valence-electron chi connectivity index (χ2n) is 3.96. The van der Waals surface area contributed by atoms with Gasteiger partial charge < -0.3 is 10.2 Å². The third-order valence-electron chi connectivity index (χ3n) is 2.76. The van der Waals surface area contributed by atoms with Gasteiger partial charge in [0.15, 0.2) is 0 Å². The first-order chi connectivity index (χ1) is 8.75. The van der Waals surface area contributed by atoms with Gasteiger partial charge in [0.25, 0.3) is 0 Å². The minimum atomic E-state index is -0.356. The monoisotopic (exact) mass is 303 g/mol. The first-order valence-corrected chi connectivity index (χ1v) is 6.23. The second-order valence-corrected chi connectivity index (χ2v) is 4.81. The van der Waals surface area contributed by atoms with E-state index < -0.39 is 0 Å². The van der Waals surface area contributed by atoms with Crippen molar-refractivity contribution in [3.05, 3.63) is 58.8 Å². The molecule has 4 nitrogen and oxygen atoms in total. The third-order valence-corrected chi connectivity index (χ3v) is 3.39. The molecule has 1 atom stereocenters. The Morgan fingerprint density at radius 2 is 2.00 bits per heavy atom. The highest BCUT2D eigenvalue weighted by atomic mass is 79.9. The van der Waals surface area contributed by atoms with Crippen molar-refractivity contribution in [2.75, 3.05) is 0 Å². The van der Waals surface area contributed by atoms with E-state index in [0.29, 0.717) is 5.76 Å². The van der Waals surface area contributed by atoms with Gasteiger partial charge in [0.2, 0.25) is 0 Å². The number of furan rings is 1. The van der Waals surface area contributed by atoms with E-state index in [4.69, 9.17) is 10.2 Å². The molecular formula is C13H10BrN3O. The summed E-state index contributed by atoms with van der Waals surface area (Å²) in [7, 11) is 0. The number of benzene rings is 1. The van der Waals surface area contributed by atoms with Crippen LogP contribution >= 0.6 is 15.9 Å². The maximum atomic E-state index is 6.14. The van der Waals surface area contributed by atoms with Gasteiger partial charge >= 0.3 is 0 Å². The molecule has 0 amide bonds. The first kappa shape index (κ1) is 11.4. The van der Waals surface area contributed by atoms with Crippen LogP contribution in [0.1, 0.15) is 17.4 Å². The van der Waals surface area contributed by atoms with Gasteiger partial charge in [0.05, 0.1) is 10.5 Å². The Morgan fingerprint density at radius 1 is 1.22 bits per heavy atom. The zero-order valence-electron chi connectivity index (χ0n) is 9.38. The third kappa shape index (κ3) is 1.91. The maximum Gasteiger partial charge on any atom is 0.148 e. The Labute approximate surface area is 112 Å². The van der Waals surface area contributed by atoms with Crippen molar-refractivity contribution in [3.63, 3.8) is 0 Å². The molecule has 0 aliphatic carbocycles. The lowest BCUT2D eigenvalue weighted by Gasteiger charge is -2.06. The topological polar surface area (TPSA) is 64.9 Å². The largest absolute Gasteiger partial charge is 0.458 e. The molecule has 1 unspecified atom stereocenters. The van der Waals surface area contributed by atoms with E-state index in [1.807, 2.05) is 24.3 Å². The van der Waals surface area contributed by atoms with Gasteiger partial charge in [-0.05, 0) is 28.1 Å². The summed E-state index contributed by atoms with van der Waals surface area (Å²) in [5.74, 6) is 0.701. The number of halogens is 1. The van der Waals surface area contributed by atoms with E-state index in [1.165, 1.54) is 6.33 Å². The maximum absolute atomic E-state index is 6.14. The van der Waals surface area contributed by atoms with Crippen LogP contribution in [0.5, 0.6) is 0 Å². The fraction of sp³-hybridized carbons (Fsp3) is 0.0769. The van der Waals surface area contributed by atoms with Gasteiger partial charge in [-0.25, -0.2) is 9.97 Å². The van der Waals surface area contributed by atoms with Gasteiger partial charge in [-0.1, -0.05) is 12.1 Å². The predicted molar refractivity (Wildman–Crippen MR) is 72.0 cm³/mol. The number of hydrogen-bond donors (Lipinski definition) is 1. The van der Waals surface area contributed by atoms with Gasteiger partial charge in [-0.2, -0.15) is 0 Å². The zero-order valence-corrected chi connectivity index (χ0v) is 11.0. The summed E-state index contributed by atoms with van der Waals surface area (Å²) in [5.41, 5.74) is 7.77. The van der Waals surface area contributed by atoms with Gasteiger partial charge in [-0.3, -0.25) is 0 Å². The number of nitrogens with zero attached hydrogens (tertiary/aromatic N) is 2. The van der Waals surface area contributed by atoms with Crippen molar-refractivity contribution in [2.24, 2.45) is 5.73 Å². The van der Waals surface area contributed by atoms with Crippen LogP contribution in [0.3, 0.4) is 0 Å². The average Bonchev–Trinajstić information content (AvgIpc) is 2.84. The van der Waals surface area contributed by atoms with Crippen LogP contribution < -0.4 is 5.73 Å². The highest BCUT2D eigenvalue weighted by molar-refractivity contribution is 9.10. The zero-order chi connectivity index (χ0) is 12.5. The number of aromatic nitrogens is 2. The van der Waals surface area contributed by atoms with Crippen LogP contribution in [0, 0.1) is 0 Å². The Balaban J connectivity index is 2.07. The lowest BCUT2D eigenvalue weighted by molar-refractivity contribution is 0.523. The Morgan fingerprint density at radius 3 is 2.72 bits per heavy atom. The van der Waals surface area contributed by atoms with E-state index in [-0.39, 0.29) is 6.04 Å². The Kier molecular flexibility index (Phi) is 2.85. The van der Waals surface area contributed by atoms with Crippen molar-refractivity contribution in [1.29, 1.82) is 0 Å². The van der Waals surface area contributed by atoms with E-state index in [9.17, 15) is 0 Å². The number of nitrogens with two attached hydrogens (primary N) is 1. The fourth-order valence-electron chi connectivity index (χ4n) is 1.84. The second kappa shape index (κ2) is 4.51. The van der Waals surface area contributed by atoms with Gasteiger partial charge in [0.1, 0.15) is 17.7 Å². The summed E-state index contributed by atoms with van der Waals surface area (Å²) in [6, 6.07) is 7.47. The molecule has 18 heavy (non-hydrogen) atoms. The SMILES string of the molecule is NC(c1cncnc1)c1cc2cccc(Br)c2o1. The molecule has 0 aliphatic heterocycles. The normalized spacial score (nSPS) is 12.8. The number of fused-ring (bicyclic) bond motifs is 1. The summed E-state index contributed by atoms with van der Waals surface area (Å²) >= 11 is 3.46. The lowest BCUT2D eigenvalue weighted by Crippen LogP contribution is -2.11. The summed E-state index contributed by atoms with van der Waals surface area (Å²) in [5, 5.41) is 1.02. The minimum absolute atomic E-state index is 0.356. The number of rotatable bonds is 2. The number of hydrogen-bond acceptors (Lipinski definition) is 4. The van der Waals surface area contributed by atoms with Crippen LogP contribution in [-0.2, 0) is 0 Å². The molecule has 2 N–H and O–H groups in total. The molecule has 3 aromatic rings. The van der Waals surface area contributed by atoms with Gasteiger partial charge in [0, 0.05) is 23.3 Å². The van der Waals surface area contributed by atoms with Crippen molar-refractivity contribution in [2.45, 2.75) is 6.04 Å². The fourth-order valence-corrected chi connectivity index (χ4v) is 2.30. The standard InChI is InChI=1S/C13H10BrN3O/c14-10-3-1-2-8-4-11(18-13(8)10)12(15)9-5-16-7-17-6-9/h1-7,12H,15H2. The quantitative estimate of drug-likeness (QED) is 0.790. The predicted octanol–water partition coefficient (Wildman–Crippen LogP) is 3.03. The van der Waals surface area contributed by atoms with Gasteiger partial charge in [-0.15, -0.1) is 0 Å². The highest BCUT2D eigenvalue weighted by Crippen LogP contribution is 2.30. The average molecular weight is 304 g/mol. The van der Waals surface area contributed by atoms with E-state index in [1.54, 1.807) is 12.4 Å². The first-order valence-electron chi connectivity index (χ1n) is 5.44.